The Bertz CT molecular complexity index is 1260. The SMILES string of the molecule is CC(C)(C)c1ccc(C2=CC3(CCN(OC(=O)Nc4ccc(OCc5ccccc5)cc4)CC3)ON2)cc1. The molecule has 0 aliphatic carbocycles. The Morgan fingerprint density at radius 2 is 1.66 bits per heavy atom. The van der Waals surface area contributed by atoms with Crippen molar-refractivity contribution in [2.75, 3.05) is 18.4 Å². The molecule has 7 nitrogen and oxygen atoms in total. The van der Waals surface area contributed by atoms with Crippen molar-refractivity contribution < 1.29 is 19.2 Å². The second-order valence-corrected chi connectivity index (χ2v) is 10.9. The molecule has 3 aromatic rings. The topological polar surface area (TPSA) is 72.1 Å². The summed E-state index contributed by atoms with van der Waals surface area (Å²) in [5.41, 5.74) is 7.96. The Labute approximate surface area is 224 Å². The fraction of sp³-hybridized carbons (Fsp3) is 0.323. The summed E-state index contributed by atoms with van der Waals surface area (Å²) in [6.07, 6.45) is 3.08. The number of hydrogen-bond acceptors (Lipinski definition) is 6. The first kappa shape index (κ1) is 25.8. The molecule has 7 heteroatoms. The number of benzene rings is 3. The first-order valence-electron chi connectivity index (χ1n) is 13.1. The van der Waals surface area contributed by atoms with Crippen molar-refractivity contribution in [3.05, 3.63) is 102 Å². The molecular formula is C31H35N3O4. The molecule has 5 rings (SSSR count). The Hall–Kier alpha value is -3.81. The molecule has 1 saturated heterocycles. The van der Waals surface area contributed by atoms with E-state index in [9.17, 15) is 4.79 Å². The van der Waals surface area contributed by atoms with Crippen LogP contribution in [-0.2, 0) is 21.7 Å². The monoisotopic (exact) mass is 513 g/mol. The molecule has 0 aromatic heterocycles. The predicted octanol–water partition coefficient (Wildman–Crippen LogP) is 6.44. The van der Waals surface area contributed by atoms with Crippen LogP contribution >= 0.6 is 0 Å². The number of piperidine rings is 1. The second-order valence-electron chi connectivity index (χ2n) is 10.9. The molecule has 0 unspecified atom stereocenters. The molecule has 2 heterocycles. The third-order valence-corrected chi connectivity index (χ3v) is 6.96. The first-order chi connectivity index (χ1) is 18.3. The number of carbonyl (C=O) groups is 1. The van der Waals surface area contributed by atoms with Crippen LogP contribution in [0.3, 0.4) is 0 Å². The van der Waals surface area contributed by atoms with Crippen LogP contribution in [0.25, 0.3) is 5.70 Å². The second kappa shape index (κ2) is 10.9. The van der Waals surface area contributed by atoms with Crippen LogP contribution in [0.5, 0.6) is 5.75 Å². The van der Waals surface area contributed by atoms with Crippen LogP contribution in [-0.4, -0.2) is 29.8 Å². The average Bonchev–Trinajstić information content (AvgIpc) is 3.33. The molecule has 1 spiro atoms. The molecule has 198 valence electrons. The van der Waals surface area contributed by atoms with Crippen LogP contribution in [0.2, 0.25) is 0 Å². The van der Waals surface area contributed by atoms with Gasteiger partial charge in [-0.15, -0.1) is 5.06 Å². The normalized spacial score (nSPS) is 17.0. The largest absolute Gasteiger partial charge is 0.489 e. The molecule has 1 fully saturated rings. The third-order valence-electron chi connectivity index (χ3n) is 6.96. The fourth-order valence-corrected chi connectivity index (χ4v) is 4.61. The number of anilines is 1. The van der Waals surface area contributed by atoms with E-state index in [4.69, 9.17) is 14.4 Å². The number of hydroxylamine groups is 3. The van der Waals surface area contributed by atoms with Crippen LogP contribution in [0.15, 0.2) is 84.9 Å². The predicted molar refractivity (Wildman–Crippen MR) is 148 cm³/mol. The summed E-state index contributed by atoms with van der Waals surface area (Å²) in [6.45, 7) is 8.28. The molecule has 3 aromatic carbocycles. The zero-order valence-corrected chi connectivity index (χ0v) is 22.2. The quantitative estimate of drug-likeness (QED) is 0.395. The van der Waals surface area contributed by atoms with E-state index in [1.54, 1.807) is 17.2 Å². The van der Waals surface area contributed by atoms with E-state index in [0.29, 0.717) is 38.2 Å². The maximum absolute atomic E-state index is 12.5. The maximum atomic E-state index is 12.5. The highest BCUT2D eigenvalue weighted by Gasteiger charge is 2.39. The molecule has 0 radical (unpaired) electrons. The summed E-state index contributed by atoms with van der Waals surface area (Å²) in [5.74, 6) is 0.733. The lowest BCUT2D eigenvalue weighted by Crippen LogP contribution is -2.45. The van der Waals surface area contributed by atoms with Crippen molar-refractivity contribution in [2.45, 2.75) is 51.2 Å². The molecule has 1 amide bonds. The molecule has 2 aliphatic rings. The minimum absolute atomic E-state index is 0.118. The highest BCUT2D eigenvalue weighted by atomic mass is 16.7. The van der Waals surface area contributed by atoms with Gasteiger partial charge < -0.3 is 9.57 Å². The van der Waals surface area contributed by atoms with Crippen LogP contribution in [0.1, 0.15) is 50.3 Å². The molecule has 0 atom stereocenters. The van der Waals surface area contributed by atoms with Crippen LogP contribution in [0, 0.1) is 0 Å². The van der Waals surface area contributed by atoms with Crippen molar-refractivity contribution in [3.8, 4) is 5.75 Å². The summed E-state index contributed by atoms with van der Waals surface area (Å²) >= 11 is 0. The van der Waals surface area contributed by atoms with E-state index < -0.39 is 11.7 Å². The number of carbonyl (C=O) groups excluding carboxylic acids is 1. The summed E-state index contributed by atoms with van der Waals surface area (Å²) in [4.78, 5) is 24.0. The van der Waals surface area contributed by atoms with Gasteiger partial charge in [0.1, 0.15) is 18.0 Å². The summed E-state index contributed by atoms with van der Waals surface area (Å²) < 4.78 is 5.80. The Kier molecular flexibility index (Phi) is 7.40. The summed E-state index contributed by atoms with van der Waals surface area (Å²) in [5, 5.41) is 4.47. The number of amides is 1. The van der Waals surface area contributed by atoms with Crippen molar-refractivity contribution in [3.63, 3.8) is 0 Å². The lowest BCUT2D eigenvalue weighted by Gasteiger charge is -2.35. The Morgan fingerprint density at radius 3 is 2.32 bits per heavy atom. The van der Waals surface area contributed by atoms with Gasteiger partial charge in [0.2, 0.25) is 0 Å². The van der Waals surface area contributed by atoms with Gasteiger partial charge in [-0.05, 0) is 65.3 Å². The van der Waals surface area contributed by atoms with Crippen molar-refractivity contribution >= 4 is 17.5 Å². The minimum atomic E-state index is -0.514. The highest BCUT2D eigenvalue weighted by Crippen LogP contribution is 2.35. The molecule has 0 bridgehead atoms. The van der Waals surface area contributed by atoms with E-state index in [1.807, 2.05) is 42.5 Å². The zero-order valence-electron chi connectivity index (χ0n) is 22.2. The third kappa shape index (κ3) is 6.36. The molecule has 2 aliphatic heterocycles. The average molecular weight is 514 g/mol. The van der Waals surface area contributed by atoms with Crippen LogP contribution < -0.4 is 15.5 Å². The van der Waals surface area contributed by atoms with Gasteiger partial charge in [0.25, 0.3) is 0 Å². The Morgan fingerprint density at radius 1 is 0.974 bits per heavy atom. The number of rotatable bonds is 6. The fourth-order valence-electron chi connectivity index (χ4n) is 4.61. The van der Waals surface area contributed by atoms with Crippen molar-refractivity contribution in [1.29, 1.82) is 0 Å². The van der Waals surface area contributed by atoms with E-state index in [2.05, 4.69) is 61.9 Å². The molecule has 2 N–H and O–H groups in total. The number of nitrogens with one attached hydrogen (secondary N) is 2. The minimum Gasteiger partial charge on any atom is -0.489 e. The molecule has 38 heavy (non-hydrogen) atoms. The Balaban J connectivity index is 1.08. The van der Waals surface area contributed by atoms with Gasteiger partial charge >= 0.3 is 6.09 Å². The van der Waals surface area contributed by atoms with E-state index in [-0.39, 0.29) is 5.41 Å². The van der Waals surface area contributed by atoms with Crippen molar-refractivity contribution in [1.82, 2.24) is 10.5 Å². The summed E-state index contributed by atoms with van der Waals surface area (Å²) in [6, 6.07) is 25.8. The maximum Gasteiger partial charge on any atom is 0.430 e. The number of nitrogens with zero attached hydrogens (tertiary/aromatic N) is 1. The number of ether oxygens (including phenoxy) is 1. The van der Waals surface area contributed by atoms with Gasteiger partial charge in [0.15, 0.2) is 0 Å². The van der Waals surface area contributed by atoms with Gasteiger partial charge in [0, 0.05) is 18.8 Å². The lowest BCUT2D eigenvalue weighted by atomic mass is 9.86. The number of hydrogen-bond donors (Lipinski definition) is 2. The van der Waals surface area contributed by atoms with E-state index >= 15 is 0 Å². The highest BCUT2D eigenvalue weighted by molar-refractivity contribution is 5.84. The molecule has 0 saturated carbocycles. The standard InChI is InChI=1S/C31H35N3O4/c1-30(2,3)25-11-9-24(10-12-25)28-21-31(38-33-28)17-19-34(20-18-31)37-29(35)32-26-13-15-27(16-14-26)36-22-23-7-5-4-6-8-23/h4-16,21,33H,17-20,22H2,1-3H3,(H,32,35). The smallest absolute Gasteiger partial charge is 0.430 e. The van der Waals surface area contributed by atoms with Crippen LogP contribution in [0.4, 0.5) is 10.5 Å². The van der Waals surface area contributed by atoms with Gasteiger partial charge in [-0.1, -0.05) is 75.4 Å². The molecular weight excluding hydrogens is 478 g/mol. The first-order valence-corrected chi connectivity index (χ1v) is 13.1. The van der Waals surface area contributed by atoms with Gasteiger partial charge in [-0.3, -0.25) is 15.6 Å². The van der Waals surface area contributed by atoms with Gasteiger partial charge in [-0.25, -0.2) is 4.79 Å². The van der Waals surface area contributed by atoms with Gasteiger partial charge in [0.05, 0.1) is 5.70 Å². The van der Waals surface area contributed by atoms with Gasteiger partial charge in [-0.2, -0.15) is 0 Å². The van der Waals surface area contributed by atoms with Crippen molar-refractivity contribution in [2.24, 2.45) is 0 Å². The van der Waals surface area contributed by atoms with E-state index in [1.165, 1.54) is 5.56 Å². The summed E-state index contributed by atoms with van der Waals surface area (Å²) in [7, 11) is 0. The lowest BCUT2D eigenvalue weighted by molar-refractivity contribution is -0.153. The van der Waals surface area contributed by atoms with E-state index in [0.717, 1.165) is 22.6 Å². The zero-order chi connectivity index (χ0) is 26.6.